The van der Waals surface area contributed by atoms with Crippen molar-refractivity contribution < 1.29 is 5.11 Å². The molecule has 0 bridgehead atoms. The summed E-state index contributed by atoms with van der Waals surface area (Å²) in [5, 5.41) is 18.2. The van der Waals surface area contributed by atoms with E-state index in [1.165, 1.54) is 26.9 Å². The van der Waals surface area contributed by atoms with Crippen LogP contribution in [0, 0.1) is 0 Å². The molecule has 0 aliphatic carbocycles. The molecule has 5 aromatic rings. The largest absolute Gasteiger partial charge is 0.386 e. The fourth-order valence-electron chi connectivity index (χ4n) is 4.25. The van der Waals surface area contributed by atoms with E-state index in [1.807, 2.05) is 19.9 Å². The van der Waals surface area contributed by atoms with Crippen LogP contribution in [-0.4, -0.2) is 5.11 Å². The molecule has 0 aliphatic rings. The van der Waals surface area contributed by atoms with E-state index in [-0.39, 0.29) is 0 Å². The van der Waals surface area contributed by atoms with E-state index in [1.54, 1.807) is 0 Å². The smallest absolute Gasteiger partial charge is 0.0846 e. The third-order valence-corrected chi connectivity index (χ3v) is 5.60. The second-order valence-electron chi connectivity index (χ2n) is 7.99. The van der Waals surface area contributed by atoms with Gasteiger partial charge in [0.15, 0.2) is 0 Å². The fraction of sp³-hybridized carbons (Fsp3) is 0.111. The fourth-order valence-corrected chi connectivity index (χ4v) is 4.25. The van der Waals surface area contributed by atoms with Gasteiger partial charge in [0.05, 0.1) is 5.60 Å². The molecule has 0 radical (unpaired) electrons. The normalized spacial score (nSPS) is 12.1. The third kappa shape index (κ3) is 2.67. The van der Waals surface area contributed by atoms with Crippen LogP contribution in [0.1, 0.15) is 19.4 Å². The van der Waals surface area contributed by atoms with Crippen LogP contribution >= 0.6 is 0 Å². The highest BCUT2D eigenvalue weighted by molar-refractivity contribution is 6.14. The zero-order valence-electron chi connectivity index (χ0n) is 16.1. The first kappa shape index (κ1) is 17.0. The van der Waals surface area contributed by atoms with Gasteiger partial charge in [-0.15, -0.1) is 0 Å². The Kier molecular flexibility index (Phi) is 3.75. The minimum atomic E-state index is -0.938. The van der Waals surface area contributed by atoms with Crippen LogP contribution in [0.2, 0.25) is 0 Å². The van der Waals surface area contributed by atoms with Gasteiger partial charge < -0.3 is 5.11 Å². The Hall–Kier alpha value is -3.16. The average molecular weight is 362 g/mol. The molecule has 1 N–H and O–H groups in total. The van der Waals surface area contributed by atoms with E-state index in [0.29, 0.717) is 0 Å². The molecular formula is C27H22O. The molecule has 0 heterocycles. The highest BCUT2D eigenvalue weighted by atomic mass is 16.3. The first-order valence-corrected chi connectivity index (χ1v) is 9.69. The molecule has 1 heteroatoms. The average Bonchev–Trinajstić information content (AvgIpc) is 2.71. The molecule has 0 aromatic heterocycles. The maximum absolute atomic E-state index is 11.0. The standard InChI is InChI=1S/C27H22O/c1-27(2,28)26-17-19-10-4-3-9-18(19)15-25(26)24-16-20-11-5-6-12-21(20)22-13-7-8-14-23(22)24/h3-17,28H,1-2H3. The molecule has 0 spiro atoms. The molecule has 0 aliphatic heterocycles. The zero-order chi connectivity index (χ0) is 19.3. The van der Waals surface area contributed by atoms with Crippen molar-refractivity contribution in [1.29, 1.82) is 0 Å². The molecule has 1 nitrogen and oxygen atoms in total. The lowest BCUT2D eigenvalue weighted by Gasteiger charge is -2.24. The minimum absolute atomic E-state index is 0.938. The Morgan fingerprint density at radius 2 is 1.04 bits per heavy atom. The van der Waals surface area contributed by atoms with Crippen molar-refractivity contribution in [1.82, 2.24) is 0 Å². The maximum Gasteiger partial charge on any atom is 0.0846 e. The van der Waals surface area contributed by atoms with E-state index in [4.69, 9.17) is 0 Å². The topological polar surface area (TPSA) is 20.2 Å². The van der Waals surface area contributed by atoms with Crippen molar-refractivity contribution >= 4 is 32.3 Å². The van der Waals surface area contributed by atoms with Gasteiger partial charge in [-0.05, 0) is 81.1 Å². The van der Waals surface area contributed by atoms with Gasteiger partial charge in [0.2, 0.25) is 0 Å². The predicted molar refractivity (Wildman–Crippen MR) is 120 cm³/mol. The van der Waals surface area contributed by atoms with Crippen molar-refractivity contribution in [3.05, 3.63) is 96.6 Å². The molecule has 0 saturated carbocycles. The molecule has 0 unspecified atom stereocenters. The van der Waals surface area contributed by atoms with Crippen LogP contribution < -0.4 is 0 Å². The highest BCUT2D eigenvalue weighted by Gasteiger charge is 2.23. The Bertz CT molecular complexity index is 1340. The van der Waals surface area contributed by atoms with Crippen LogP contribution in [-0.2, 0) is 5.60 Å². The van der Waals surface area contributed by atoms with Gasteiger partial charge in [-0.2, -0.15) is 0 Å². The number of hydrogen-bond donors (Lipinski definition) is 1. The Labute approximate surface area is 164 Å². The van der Waals surface area contributed by atoms with Crippen molar-refractivity contribution in [2.45, 2.75) is 19.4 Å². The van der Waals surface area contributed by atoms with Crippen molar-refractivity contribution in [2.24, 2.45) is 0 Å². The highest BCUT2D eigenvalue weighted by Crippen LogP contribution is 2.40. The number of benzene rings is 5. The van der Waals surface area contributed by atoms with Crippen LogP contribution in [0.3, 0.4) is 0 Å². The van der Waals surface area contributed by atoms with Crippen molar-refractivity contribution in [2.75, 3.05) is 0 Å². The van der Waals surface area contributed by atoms with Crippen LogP contribution in [0.15, 0.2) is 91.0 Å². The summed E-state index contributed by atoms with van der Waals surface area (Å²) in [6.45, 7) is 3.73. The number of rotatable bonds is 2. The summed E-state index contributed by atoms with van der Waals surface area (Å²) < 4.78 is 0. The lowest BCUT2D eigenvalue weighted by Crippen LogP contribution is -2.17. The maximum atomic E-state index is 11.0. The molecule has 28 heavy (non-hydrogen) atoms. The van der Waals surface area contributed by atoms with Gasteiger partial charge in [0, 0.05) is 0 Å². The molecule has 136 valence electrons. The predicted octanol–water partition coefficient (Wildman–Crippen LogP) is 7.04. The quantitative estimate of drug-likeness (QED) is 0.334. The van der Waals surface area contributed by atoms with E-state index in [0.717, 1.165) is 22.1 Å². The van der Waals surface area contributed by atoms with E-state index < -0.39 is 5.60 Å². The first-order valence-electron chi connectivity index (χ1n) is 9.69. The Morgan fingerprint density at radius 3 is 1.71 bits per heavy atom. The van der Waals surface area contributed by atoms with Crippen LogP contribution in [0.25, 0.3) is 43.4 Å². The Morgan fingerprint density at radius 1 is 0.536 bits per heavy atom. The molecule has 5 rings (SSSR count). The number of hydrogen-bond acceptors (Lipinski definition) is 1. The number of fused-ring (bicyclic) bond motifs is 4. The lowest BCUT2D eigenvalue weighted by molar-refractivity contribution is 0.0793. The molecule has 0 amide bonds. The molecule has 0 atom stereocenters. The van der Waals surface area contributed by atoms with E-state index in [9.17, 15) is 5.11 Å². The summed E-state index contributed by atoms with van der Waals surface area (Å²) in [5.74, 6) is 0. The molecule has 5 aromatic carbocycles. The third-order valence-electron chi connectivity index (χ3n) is 5.60. The van der Waals surface area contributed by atoms with Gasteiger partial charge >= 0.3 is 0 Å². The zero-order valence-corrected chi connectivity index (χ0v) is 16.1. The molecule has 0 saturated heterocycles. The number of aliphatic hydroxyl groups is 1. The van der Waals surface area contributed by atoms with E-state index >= 15 is 0 Å². The minimum Gasteiger partial charge on any atom is -0.386 e. The second-order valence-corrected chi connectivity index (χ2v) is 7.99. The summed E-state index contributed by atoms with van der Waals surface area (Å²) in [4.78, 5) is 0. The first-order chi connectivity index (χ1) is 13.5. The summed E-state index contributed by atoms with van der Waals surface area (Å²) in [5.41, 5.74) is 2.27. The monoisotopic (exact) mass is 362 g/mol. The lowest BCUT2D eigenvalue weighted by atomic mass is 9.84. The van der Waals surface area contributed by atoms with Crippen LogP contribution in [0.5, 0.6) is 0 Å². The molecule has 0 fully saturated rings. The van der Waals surface area contributed by atoms with Gasteiger partial charge in [0.1, 0.15) is 0 Å². The summed E-state index contributed by atoms with van der Waals surface area (Å²) in [6, 6.07) is 32.0. The van der Waals surface area contributed by atoms with Gasteiger partial charge in [-0.25, -0.2) is 0 Å². The second kappa shape index (κ2) is 6.19. The summed E-state index contributed by atoms with van der Waals surface area (Å²) in [7, 11) is 0. The van der Waals surface area contributed by atoms with Gasteiger partial charge in [-0.3, -0.25) is 0 Å². The SMILES string of the molecule is CC(C)(O)c1cc2ccccc2cc1-c1cc2ccccc2c2ccccc12. The summed E-state index contributed by atoms with van der Waals surface area (Å²) >= 11 is 0. The van der Waals surface area contributed by atoms with Gasteiger partial charge in [0.25, 0.3) is 0 Å². The van der Waals surface area contributed by atoms with E-state index in [2.05, 4.69) is 84.9 Å². The van der Waals surface area contributed by atoms with Gasteiger partial charge in [-0.1, -0.05) is 72.8 Å². The summed E-state index contributed by atoms with van der Waals surface area (Å²) in [6.07, 6.45) is 0. The van der Waals surface area contributed by atoms with Crippen molar-refractivity contribution in [3.8, 4) is 11.1 Å². The van der Waals surface area contributed by atoms with Crippen LogP contribution in [0.4, 0.5) is 0 Å². The Balaban J connectivity index is 1.95. The molecular weight excluding hydrogens is 340 g/mol. The van der Waals surface area contributed by atoms with Crippen molar-refractivity contribution in [3.63, 3.8) is 0 Å².